The van der Waals surface area contributed by atoms with Crippen LogP contribution in [0, 0.1) is 0 Å². The number of rotatable bonds is 3. The van der Waals surface area contributed by atoms with Gasteiger partial charge in [0.15, 0.2) is 11.5 Å². The highest BCUT2D eigenvalue weighted by Crippen LogP contribution is 2.46. The molecule has 0 bridgehead atoms. The molecule has 0 N–H and O–H groups in total. The van der Waals surface area contributed by atoms with Gasteiger partial charge in [0, 0.05) is 6.42 Å². The van der Waals surface area contributed by atoms with Gasteiger partial charge in [-0.15, -0.1) is 0 Å². The number of fused-ring (bicyclic) bond motifs is 1. The summed E-state index contributed by atoms with van der Waals surface area (Å²) in [7, 11) is 1.62. The Morgan fingerprint density at radius 1 is 1.40 bits per heavy atom. The van der Waals surface area contributed by atoms with Gasteiger partial charge < -0.3 is 14.2 Å². The van der Waals surface area contributed by atoms with Gasteiger partial charge in [0.05, 0.1) is 12.9 Å². The van der Waals surface area contributed by atoms with Crippen molar-refractivity contribution in [2.45, 2.75) is 19.1 Å². The van der Waals surface area contributed by atoms with Crippen LogP contribution in [0.2, 0.25) is 0 Å². The van der Waals surface area contributed by atoms with E-state index < -0.39 is 5.79 Å². The normalized spacial score (nSPS) is 22.9. The summed E-state index contributed by atoms with van der Waals surface area (Å²) in [5.41, 5.74) is 0. The van der Waals surface area contributed by atoms with E-state index in [4.69, 9.17) is 14.2 Å². The standard InChI is InChI=1S/C11H14O3S/c1-3-11(7-15)13-9-6-4-5-8(12-2)10(9)14-11/h4-6,15H,3,7H2,1-2H3. The Bertz CT molecular complexity index is 361. The van der Waals surface area contributed by atoms with E-state index in [0.717, 1.165) is 12.2 Å². The van der Waals surface area contributed by atoms with Gasteiger partial charge in [0.2, 0.25) is 5.75 Å². The SMILES string of the molecule is CCC1(CS)Oc2cccc(OC)c2O1. The average molecular weight is 226 g/mol. The largest absolute Gasteiger partial charge is 0.493 e. The van der Waals surface area contributed by atoms with Crippen molar-refractivity contribution in [1.82, 2.24) is 0 Å². The van der Waals surface area contributed by atoms with Gasteiger partial charge in [-0.3, -0.25) is 0 Å². The highest BCUT2D eigenvalue weighted by atomic mass is 32.1. The van der Waals surface area contributed by atoms with Crippen LogP contribution in [-0.4, -0.2) is 18.6 Å². The molecule has 0 amide bonds. The molecule has 0 spiro atoms. The molecule has 1 aliphatic heterocycles. The lowest BCUT2D eigenvalue weighted by Gasteiger charge is -2.24. The van der Waals surface area contributed by atoms with Crippen LogP contribution >= 0.6 is 12.6 Å². The van der Waals surface area contributed by atoms with Crippen molar-refractivity contribution in [2.75, 3.05) is 12.9 Å². The summed E-state index contributed by atoms with van der Waals surface area (Å²) in [5, 5.41) is 0. The van der Waals surface area contributed by atoms with Crippen molar-refractivity contribution >= 4 is 12.6 Å². The van der Waals surface area contributed by atoms with Gasteiger partial charge >= 0.3 is 0 Å². The molecule has 4 heteroatoms. The fraction of sp³-hybridized carbons (Fsp3) is 0.455. The molecule has 1 aliphatic rings. The van der Waals surface area contributed by atoms with E-state index in [1.54, 1.807) is 7.11 Å². The molecule has 1 aromatic carbocycles. The highest BCUT2D eigenvalue weighted by Gasteiger charge is 2.40. The van der Waals surface area contributed by atoms with E-state index in [1.807, 2.05) is 25.1 Å². The predicted molar refractivity (Wildman–Crippen MR) is 61.1 cm³/mol. The summed E-state index contributed by atoms with van der Waals surface area (Å²) in [6.07, 6.45) is 0.744. The summed E-state index contributed by atoms with van der Waals surface area (Å²) < 4.78 is 16.8. The number of hydrogen-bond donors (Lipinski definition) is 1. The van der Waals surface area contributed by atoms with Crippen molar-refractivity contribution < 1.29 is 14.2 Å². The highest BCUT2D eigenvalue weighted by molar-refractivity contribution is 7.80. The van der Waals surface area contributed by atoms with Crippen LogP contribution in [0.1, 0.15) is 13.3 Å². The average Bonchev–Trinajstić information content (AvgIpc) is 2.68. The van der Waals surface area contributed by atoms with E-state index in [2.05, 4.69) is 12.6 Å². The first kappa shape index (κ1) is 10.5. The summed E-state index contributed by atoms with van der Waals surface area (Å²) in [6, 6.07) is 5.61. The summed E-state index contributed by atoms with van der Waals surface area (Å²) >= 11 is 4.26. The number of benzene rings is 1. The monoisotopic (exact) mass is 226 g/mol. The van der Waals surface area contributed by atoms with Gasteiger partial charge in [-0.1, -0.05) is 13.0 Å². The van der Waals surface area contributed by atoms with Crippen LogP contribution in [0.5, 0.6) is 17.2 Å². The third kappa shape index (κ3) is 1.63. The maximum absolute atomic E-state index is 5.79. The van der Waals surface area contributed by atoms with Gasteiger partial charge in [-0.25, -0.2) is 0 Å². The fourth-order valence-corrected chi connectivity index (χ4v) is 1.92. The van der Waals surface area contributed by atoms with Crippen molar-refractivity contribution in [3.8, 4) is 17.2 Å². The molecule has 0 saturated heterocycles. The van der Waals surface area contributed by atoms with E-state index in [1.165, 1.54) is 0 Å². The van der Waals surface area contributed by atoms with Crippen LogP contribution in [0.4, 0.5) is 0 Å². The number of ether oxygens (including phenoxy) is 3. The third-order valence-electron chi connectivity index (χ3n) is 2.53. The fourth-order valence-electron chi connectivity index (χ4n) is 1.57. The lowest BCUT2D eigenvalue weighted by molar-refractivity contribution is -0.0596. The molecule has 0 saturated carbocycles. The Hall–Kier alpha value is -1.03. The molecular weight excluding hydrogens is 212 g/mol. The first-order valence-corrected chi connectivity index (χ1v) is 5.54. The molecule has 3 nitrogen and oxygen atoms in total. The van der Waals surface area contributed by atoms with Crippen LogP contribution in [0.15, 0.2) is 18.2 Å². The maximum Gasteiger partial charge on any atom is 0.260 e. The van der Waals surface area contributed by atoms with Crippen molar-refractivity contribution in [3.63, 3.8) is 0 Å². The molecule has 1 heterocycles. The van der Waals surface area contributed by atoms with Crippen LogP contribution < -0.4 is 14.2 Å². The second-order valence-electron chi connectivity index (χ2n) is 3.41. The zero-order valence-corrected chi connectivity index (χ0v) is 9.71. The van der Waals surface area contributed by atoms with Crippen LogP contribution in [0.3, 0.4) is 0 Å². The lowest BCUT2D eigenvalue weighted by atomic mass is 10.2. The maximum atomic E-state index is 5.79. The summed E-state index contributed by atoms with van der Waals surface area (Å²) in [5.74, 6) is 1.98. The zero-order chi connectivity index (χ0) is 10.9. The Balaban J connectivity index is 2.37. The molecule has 1 unspecified atom stereocenters. The van der Waals surface area contributed by atoms with Crippen molar-refractivity contribution in [1.29, 1.82) is 0 Å². The van der Waals surface area contributed by atoms with Crippen LogP contribution in [0.25, 0.3) is 0 Å². The smallest absolute Gasteiger partial charge is 0.260 e. The Kier molecular flexibility index (Phi) is 2.69. The third-order valence-corrected chi connectivity index (χ3v) is 3.01. The summed E-state index contributed by atoms with van der Waals surface area (Å²) in [4.78, 5) is 0. The zero-order valence-electron chi connectivity index (χ0n) is 8.82. The topological polar surface area (TPSA) is 27.7 Å². The Morgan fingerprint density at radius 2 is 2.20 bits per heavy atom. The molecule has 1 atom stereocenters. The molecule has 15 heavy (non-hydrogen) atoms. The van der Waals surface area contributed by atoms with E-state index in [0.29, 0.717) is 17.3 Å². The van der Waals surface area contributed by atoms with Gasteiger partial charge in [0.1, 0.15) is 0 Å². The Labute approximate surface area is 94.7 Å². The minimum atomic E-state index is -0.639. The number of thiol groups is 1. The summed E-state index contributed by atoms with van der Waals surface area (Å²) in [6.45, 7) is 2.01. The molecule has 1 aromatic rings. The van der Waals surface area contributed by atoms with Crippen LogP contribution in [-0.2, 0) is 0 Å². The van der Waals surface area contributed by atoms with Crippen molar-refractivity contribution in [3.05, 3.63) is 18.2 Å². The minimum Gasteiger partial charge on any atom is -0.493 e. The van der Waals surface area contributed by atoms with E-state index >= 15 is 0 Å². The molecule has 2 rings (SSSR count). The lowest BCUT2D eigenvalue weighted by Crippen LogP contribution is -2.39. The first-order chi connectivity index (χ1) is 7.24. The first-order valence-electron chi connectivity index (χ1n) is 4.90. The molecule has 0 fully saturated rings. The van der Waals surface area contributed by atoms with E-state index in [-0.39, 0.29) is 0 Å². The quantitative estimate of drug-likeness (QED) is 0.802. The minimum absolute atomic E-state index is 0.515. The molecular formula is C11H14O3S. The van der Waals surface area contributed by atoms with Gasteiger partial charge in [0.25, 0.3) is 5.79 Å². The van der Waals surface area contributed by atoms with Crippen molar-refractivity contribution in [2.24, 2.45) is 0 Å². The van der Waals surface area contributed by atoms with E-state index in [9.17, 15) is 0 Å². The number of methoxy groups -OCH3 is 1. The number of para-hydroxylation sites is 1. The second kappa shape index (κ2) is 3.85. The van der Waals surface area contributed by atoms with Gasteiger partial charge in [-0.05, 0) is 12.1 Å². The predicted octanol–water partition coefficient (Wildman–Crippen LogP) is 2.50. The van der Waals surface area contributed by atoms with Gasteiger partial charge in [-0.2, -0.15) is 12.6 Å². The molecule has 0 aliphatic carbocycles. The second-order valence-corrected chi connectivity index (χ2v) is 3.73. The molecule has 0 radical (unpaired) electrons. The molecule has 0 aromatic heterocycles. The molecule has 82 valence electrons. The Morgan fingerprint density at radius 3 is 2.80 bits per heavy atom. The number of hydrogen-bond acceptors (Lipinski definition) is 4.